The summed E-state index contributed by atoms with van der Waals surface area (Å²) < 4.78 is 10.4. The predicted molar refractivity (Wildman–Crippen MR) is 124 cm³/mol. The molecule has 1 amide bonds. The summed E-state index contributed by atoms with van der Waals surface area (Å²) in [7, 11) is 4.75. The number of alkyl carbamates (subject to hydrolysis) is 1. The number of carbonyl (C=O) groups is 2. The number of esters is 1. The largest absolute Gasteiger partial charge is 0.467 e. The fourth-order valence-corrected chi connectivity index (χ4v) is 3.97. The van der Waals surface area contributed by atoms with Gasteiger partial charge in [0.25, 0.3) is 0 Å². The number of nitrogens with zero attached hydrogens (tertiary/aromatic N) is 1. The standard InChI is InChI=1S/C24H30N4O4/c1-25-23(26-2)27-14-8-13-21(22(29)31-3)28-24(30)32-15-20-18-11-6-4-9-16(18)17-10-5-7-12-19(17)20/h4-7,9-12,20-21H,8,13-15H2,1-3H3,(H,28,30)(H2,25,26,27)/t21-/m0/s1. The van der Waals surface area contributed by atoms with Crippen LogP contribution in [0.15, 0.2) is 53.5 Å². The molecule has 32 heavy (non-hydrogen) atoms. The van der Waals surface area contributed by atoms with Gasteiger partial charge in [-0.3, -0.25) is 4.99 Å². The Morgan fingerprint density at radius 3 is 2.25 bits per heavy atom. The van der Waals surface area contributed by atoms with Crippen molar-refractivity contribution in [2.75, 3.05) is 34.4 Å². The summed E-state index contributed by atoms with van der Waals surface area (Å²) in [4.78, 5) is 28.7. The minimum atomic E-state index is -0.783. The first-order chi connectivity index (χ1) is 15.6. The first-order valence-corrected chi connectivity index (χ1v) is 10.7. The number of fused-ring (bicyclic) bond motifs is 3. The fourth-order valence-electron chi connectivity index (χ4n) is 3.97. The van der Waals surface area contributed by atoms with Crippen molar-refractivity contribution in [3.63, 3.8) is 0 Å². The Kier molecular flexibility index (Phi) is 8.08. The number of methoxy groups -OCH3 is 1. The Bertz CT molecular complexity index is 930. The zero-order chi connectivity index (χ0) is 22.9. The van der Waals surface area contributed by atoms with Crippen LogP contribution in [0.25, 0.3) is 11.1 Å². The number of hydrogen-bond acceptors (Lipinski definition) is 5. The minimum Gasteiger partial charge on any atom is -0.467 e. The highest BCUT2D eigenvalue weighted by Gasteiger charge is 2.29. The summed E-state index contributed by atoms with van der Waals surface area (Å²) in [6.07, 6.45) is 0.399. The van der Waals surface area contributed by atoms with Crippen molar-refractivity contribution in [3.05, 3.63) is 59.7 Å². The van der Waals surface area contributed by atoms with Crippen LogP contribution in [0.2, 0.25) is 0 Å². The van der Waals surface area contributed by atoms with Gasteiger partial charge in [-0.25, -0.2) is 9.59 Å². The summed E-state index contributed by atoms with van der Waals surface area (Å²) >= 11 is 0. The van der Waals surface area contributed by atoms with E-state index in [0.717, 1.165) is 22.3 Å². The monoisotopic (exact) mass is 438 g/mol. The van der Waals surface area contributed by atoms with E-state index >= 15 is 0 Å². The van der Waals surface area contributed by atoms with E-state index in [1.807, 2.05) is 24.3 Å². The number of guanidine groups is 1. The highest BCUT2D eigenvalue weighted by Crippen LogP contribution is 2.44. The highest BCUT2D eigenvalue weighted by atomic mass is 16.6. The van der Waals surface area contributed by atoms with Crippen LogP contribution in [0.4, 0.5) is 4.79 Å². The minimum absolute atomic E-state index is 0.0396. The van der Waals surface area contributed by atoms with Gasteiger partial charge in [0.15, 0.2) is 5.96 Å². The molecule has 1 aliphatic carbocycles. The van der Waals surface area contributed by atoms with Gasteiger partial charge >= 0.3 is 12.1 Å². The average Bonchev–Trinajstić information content (AvgIpc) is 3.15. The molecule has 0 aromatic heterocycles. The van der Waals surface area contributed by atoms with Crippen LogP contribution in [0.1, 0.15) is 29.9 Å². The van der Waals surface area contributed by atoms with Crippen LogP contribution in [0, 0.1) is 0 Å². The molecule has 2 aromatic rings. The van der Waals surface area contributed by atoms with Crippen LogP contribution in [0.3, 0.4) is 0 Å². The van der Waals surface area contributed by atoms with Crippen molar-refractivity contribution >= 4 is 18.0 Å². The maximum absolute atomic E-state index is 12.5. The number of carbonyl (C=O) groups excluding carboxylic acids is 2. The van der Waals surface area contributed by atoms with E-state index in [4.69, 9.17) is 9.47 Å². The lowest BCUT2D eigenvalue weighted by Gasteiger charge is -2.18. The lowest BCUT2D eigenvalue weighted by molar-refractivity contribution is -0.143. The first kappa shape index (κ1) is 23.1. The van der Waals surface area contributed by atoms with E-state index in [1.54, 1.807) is 14.1 Å². The molecule has 0 bridgehead atoms. The molecular formula is C24H30N4O4. The number of amides is 1. The van der Waals surface area contributed by atoms with Crippen molar-refractivity contribution in [1.82, 2.24) is 16.0 Å². The van der Waals surface area contributed by atoms with E-state index in [9.17, 15) is 9.59 Å². The quantitative estimate of drug-likeness (QED) is 0.254. The smallest absolute Gasteiger partial charge is 0.407 e. The molecule has 3 N–H and O–H groups in total. The molecule has 3 rings (SSSR count). The van der Waals surface area contributed by atoms with Crippen LogP contribution in [0.5, 0.6) is 0 Å². The third-order valence-electron chi connectivity index (χ3n) is 5.54. The number of ether oxygens (including phenoxy) is 2. The van der Waals surface area contributed by atoms with Crippen LogP contribution >= 0.6 is 0 Å². The number of aliphatic imine (C=N–C) groups is 1. The first-order valence-electron chi connectivity index (χ1n) is 10.7. The number of rotatable bonds is 8. The number of hydrogen-bond donors (Lipinski definition) is 3. The molecule has 8 heteroatoms. The van der Waals surface area contributed by atoms with Crippen molar-refractivity contribution in [3.8, 4) is 11.1 Å². The molecular weight excluding hydrogens is 408 g/mol. The maximum atomic E-state index is 12.5. The second-order valence-electron chi connectivity index (χ2n) is 7.44. The van der Waals surface area contributed by atoms with E-state index in [1.165, 1.54) is 7.11 Å². The molecule has 0 radical (unpaired) electrons. The molecule has 170 valence electrons. The van der Waals surface area contributed by atoms with Gasteiger partial charge in [-0.05, 0) is 35.1 Å². The Labute approximate surface area is 188 Å². The average molecular weight is 439 g/mol. The molecule has 0 unspecified atom stereocenters. The third kappa shape index (κ3) is 5.38. The van der Waals surface area contributed by atoms with Crippen molar-refractivity contribution in [2.24, 2.45) is 4.99 Å². The van der Waals surface area contributed by atoms with Gasteiger partial charge in [0.05, 0.1) is 7.11 Å². The summed E-state index contributed by atoms with van der Waals surface area (Å²) in [6.45, 7) is 0.779. The Morgan fingerprint density at radius 2 is 1.69 bits per heavy atom. The number of benzene rings is 2. The normalized spacial score (nSPS) is 13.5. The van der Waals surface area contributed by atoms with Gasteiger partial charge in [0.2, 0.25) is 0 Å². The van der Waals surface area contributed by atoms with Crippen molar-refractivity contribution < 1.29 is 19.1 Å². The SMILES string of the molecule is CN=C(NC)NCCC[C@H](NC(=O)OCC1c2ccccc2-c2ccccc21)C(=O)OC. The molecule has 1 aliphatic rings. The molecule has 0 spiro atoms. The molecule has 0 saturated carbocycles. The van der Waals surface area contributed by atoms with Gasteiger partial charge < -0.3 is 25.4 Å². The third-order valence-corrected chi connectivity index (χ3v) is 5.54. The van der Waals surface area contributed by atoms with Crippen LogP contribution in [-0.2, 0) is 14.3 Å². The van der Waals surface area contributed by atoms with Gasteiger partial charge in [-0.2, -0.15) is 0 Å². The van der Waals surface area contributed by atoms with Gasteiger partial charge in [-0.1, -0.05) is 48.5 Å². The maximum Gasteiger partial charge on any atom is 0.407 e. The molecule has 0 aliphatic heterocycles. The second kappa shape index (κ2) is 11.2. The van der Waals surface area contributed by atoms with Crippen molar-refractivity contribution in [1.29, 1.82) is 0 Å². The van der Waals surface area contributed by atoms with E-state index in [-0.39, 0.29) is 12.5 Å². The fraction of sp³-hybridized carbons (Fsp3) is 0.375. The lowest BCUT2D eigenvalue weighted by Crippen LogP contribution is -2.43. The lowest BCUT2D eigenvalue weighted by atomic mass is 9.98. The molecule has 8 nitrogen and oxygen atoms in total. The summed E-state index contributed by atoms with van der Waals surface area (Å²) in [5, 5.41) is 8.68. The van der Waals surface area contributed by atoms with Crippen LogP contribution < -0.4 is 16.0 Å². The van der Waals surface area contributed by atoms with E-state index in [2.05, 4.69) is 45.2 Å². The Hall–Kier alpha value is -3.55. The summed E-state index contributed by atoms with van der Waals surface area (Å²) in [6, 6.07) is 15.5. The molecule has 0 saturated heterocycles. The molecule has 1 atom stereocenters. The summed E-state index contributed by atoms with van der Waals surface area (Å²) in [5.74, 6) is 0.114. The van der Waals surface area contributed by atoms with Gasteiger partial charge in [0, 0.05) is 26.6 Å². The number of nitrogens with one attached hydrogen (secondary N) is 3. The van der Waals surface area contributed by atoms with E-state index in [0.29, 0.717) is 25.3 Å². The van der Waals surface area contributed by atoms with Gasteiger partial charge in [0.1, 0.15) is 12.6 Å². The topological polar surface area (TPSA) is 101 Å². The predicted octanol–water partition coefficient (Wildman–Crippen LogP) is 2.64. The zero-order valence-electron chi connectivity index (χ0n) is 18.7. The Morgan fingerprint density at radius 1 is 1.06 bits per heavy atom. The molecule has 0 fully saturated rings. The zero-order valence-corrected chi connectivity index (χ0v) is 18.7. The van der Waals surface area contributed by atoms with Gasteiger partial charge in [-0.15, -0.1) is 0 Å². The van der Waals surface area contributed by atoms with Crippen molar-refractivity contribution in [2.45, 2.75) is 24.8 Å². The second-order valence-corrected chi connectivity index (χ2v) is 7.44. The molecule has 2 aromatic carbocycles. The van der Waals surface area contributed by atoms with E-state index < -0.39 is 18.1 Å². The van der Waals surface area contributed by atoms with Crippen LogP contribution in [-0.4, -0.2) is 58.4 Å². The Balaban J connectivity index is 1.57. The highest BCUT2D eigenvalue weighted by molar-refractivity contribution is 5.82. The summed E-state index contributed by atoms with van der Waals surface area (Å²) in [5.41, 5.74) is 4.59. The molecule has 0 heterocycles.